The molecule has 1 aliphatic carbocycles. The predicted octanol–water partition coefficient (Wildman–Crippen LogP) is 4.70. The van der Waals surface area contributed by atoms with Crippen LogP contribution in [0.5, 0.6) is 0 Å². The first-order valence-corrected chi connectivity index (χ1v) is 7.69. The Balaban J connectivity index is 1.89. The van der Waals surface area contributed by atoms with Gasteiger partial charge >= 0.3 is 0 Å². The maximum Gasteiger partial charge on any atom is 0.204 e. The third-order valence-electron chi connectivity index (χ3n) is 3.94. The quantitative estimate of drug-likeness (QED) is 0.588. The van der Waals surface area contributed by atoms with Crippen LogP contribution in [0.2, 0.25) is 0 Å². The zero-order chi connectivity index (χ0) is 12.9. The first-order chi connectivity index (χ1) is 8.62. The van der Waals surface area contributed by atoms with Crippen LogP contribution in [0.1, 0.15) is 84.5 Å². The number of hydrogen-bond donors (Lipinski definition) is 0. The standard InChI is InChI=1S/C15H28O3/c1-14(2)16-15(18-17-14)12-10-8-6-4-3-5-7-9-11-13-15/h3-13H2,1-2H3. The van der Waals surface area contributed by atoms with E-state index in [2.05, 4.69) is 0 Å². The summed E-state index contributed by atoms with van der Waals surface area (Å²) in [5.74, 6) is -1.06. The minimum absolute atomic E-state index is 0.470. The Kier molecular flexibility index (Phi) is 5.05. The largest absolute Gasteiger partial charge is 0.313 e. The van der Waals surface area contributed by atoms with Crippen molar-refractivity contribution in [2.24, 2.45) is 0 Å². The van der Waals surface area contributed by atoms with Crippen molar-refractivity contribution < 1.29 is 14.5 Å². The highest BCUT2D eigenvalue weighted by molar-refractivity contribution is 4.76. The minimum Gasteiger partial charge on any atom is -0.313 e. The summed E-state index contributed by atoms with van der Waals surface area (Å²) < 4.78 is 6.04. The van der Waals surface area contributed by atoms with Gasteiger partial charge in [-0.2, -0.15) is 9.78 Å². The average molecular weight is 256 g/mol. The van der Waals surface area contributed by atoms with Crippen LogP contribution in [0, 0.1) is 0 Å². The van der Waals surface area contributed by atoms with Gasteiger partial charge in [-0.1, -0.05) is 44.9 Å². The molecular formula is C15H28O3. The van der Waals surface area contributed by atoms with Crippen LogP contribution in [0.25, 0.3) is 0 Å². The molecule has 2 fully saturated rings. The smallest absolute Gasteiger partial charge is 0.204 e. The lowest BCUT2D eigenvalue weighted by molar-refractivity contribution is -0.347. The molecule has 0 bridgehead atoms. The summed E-state index contributed by atoms with van der Waals surface area (Å²) in [5.41, 5.74) is 0. The van der Waals surface area contributed by atoms with E-state index in [1.807, 2.05) is 13.8 Å². The van der Waals surface area contributed by atoms with E-state index in [4.69, 9.17) is 14.5 Å². The zero-order valence-corrected chi connectivity index (χ0v) is 12.0. The monoisotopic (exact) mass is 256 g/mol. The summed E-state index contributed by atoms with van der Waals surface area (Å²) in [7, 11) is 0. The molecule has 0 N–H and O–H groups in total. The zero-order valence-electron chi connectivity index (χ0n) is 12.0. The summed E-state index contributed by atoms with van der Waals surface area (Å²) >= 11 is 0. The summed E-state index contributed by atoms with van der Waals surface area (Å²) in [6.45, 7) is 3.86. The number of rotatable bonds is 0. The molecule has 0 aromatic carbocycles. The molecule has 106 valence electrons. The van der Waals surface area contributed by atoms with E-state index in [0.29, 0.717) is 0 Å². The van der Waals surface area contributed by atoms with Gasteiger partial charge < -0.3 is 4.74 Å². The van der Waals surface area contributed by atoms with Gasteiger partial charge in [0, 0.05) is 12.8 Å². The SMILES string of the molecule is CC1(C)OOC2(CCCCCCCCCCC2)O1. The summed E-state index contributed by atoms with van der Waals surface area (Å²) in [5, 5.41) is 0. The van der Waals surface area contributed by atoms with Crippen LogP contribution in [0.4, 0.5) is 0 Å². The van der Waals surface area contributed by atoms with Gasteiger partial charge in [0.25, 0.3) is 0 Å². The van der Waals surface area contributed by atoms with Crippen LogP contribution < -0.4 is 0 Å². The van der Waals surface area contributed by atoms with Crippen LogP contribution in [-0.2, 0) is 14.5 Å². The molecule has 0 amide bonds. The van der Waals surface area contributed by atoms with Crippen molar-refractivity contribution in [1.82, 2.24) is 0 Å². The van der Waals surface area contributed by atoms with Crippen LogP contribution in [0.15, 0.2) is 0 Å². The van der Waals surface area contributed by atoms with Gasteiger partial charge in [-0.25, -0.2) is 0 Å². The maximum atomic E-state index is 6.04. The average Bonchev–Trinajstić information content (AvgIpc) is 2.61. The molecule has 1 heterocycles. The fourth-order valence-corrected chi connectivity index (χ4v) is 2.99. The molecule has 1 aliphatic heterocycles. The molecule has 3 nitrogen and oxygen atoms in total. The molecule has 1 saturated heterocycles. The van der Waals surface area contributed by atoms with E-state index in [1.165, 1.54) is 57.8 Å². The van der Waals surface area contributed by atoms with Gasteiger partial charge in [-0.3, -0.25) is 0 Å². The summed E-state index contributed by atoms with van der Waals surface area (Å²) in [4.78, 5) is 10.9. The summed E-state index contributed by atoms with van der Waals surface area (Å²) in [6, 6.07) is 0. The molecule has 3 heteroatoms. The molecular weight excluding hydrogens is 228 g/mol. The molecule has 0 radical (unpaired) electrons. The third kappa shape index (κ3) is 4.22. The topological polar surface area (TPSA) is 27.7 Å². The van der Waals surface area contributed by atoms with Crippen molar-refractivity contribution in [3.63, 3.8) is 0 Å². The van der Waals surface area contributed by atoms with E-state index >= 15 is 0 Å². The van der Waals surface area contributed by atoms with Gasteiger partial charge in [0.2, 0.25) is 5.79 Å². The van der Waals surface area contributed by atoms with Crippen LogP contribution in [-0.4, -0.2) is 11.6 Å². The Labute approximate surface area is 111 Å². The van der Waals surface area contributed by atoms with Gasteiger partial charge in [-0.15, -0.1) is 0 Å². The third-order valence-corrected chi connectivity index (χ3v) is 3.94. The number of hydrogen-bond acceptors (Lipinski definition) is 3. The second-order valence-corrected chi connectivity index (χ2v) is 6.26. The van der Waals surface area contributed by atoms with E-state index in [-0.39, 0.29) is 0 Å². The van der Waals surface area contributed by atoms with E-state index in [1.54, 1.807) is 0 Å². The second-order valence-electron chi connectivity index (χ2n) is 6.26. The van der Waals surface area contributed by atoms with Crippen molar-refractivity contribution in [3.8, 4) is 0 Å². The molecule has 0 unspecified atom stereocenters. The van der Waals surface area contributed by atoms with Crippen LogP contribution in [0.3, 0.4) is 0 Å². The Morgan fingerprint density at radius 3 is 1.44 bits per heavy atom. The molecule has 2 aliphatic rings. The van der Waals surface area contributed by atoms with E-state index in [0.717, 1.165) is 12.8 Å². The molecule has 2 rings (SSSR count). The highest BCUT2D eigenvalue weighted by atomic mass is 17.3. The lowest BCUT2D eigenvalue weighted by atomic mass is 9.97. The van der Waals surface area contributed by atoms with Crippen molar-refractivity contribution >= 4 is 0 Å². The highest BCUT2D eigenvalue weighted by Gasteiger charge is 2.46. The molecule has 18 heavy (non-hydrogen) atoms. The van der Waals surface area contributed by atoms with Crippen molar-refractivity contribution in [2.75, 3.05) is 0 Å². The van der Waals surface area contributed by atoms with Crippen LogP contribution >= 0.6 is 0 Å². The molecule has 1 spiro atoms. The summed E-state index contributed by atoms with van der Waals surface area (Å²) in [6.07, 6.45) is 13.7. The normalized spacial score (nSPS) is 29.7. The van der Waals surface area contributed by atoms with Gasteiger partial charge in [0.05, 0.1) is 0 Å². The van der Waals surface area contributed by atoms with E-state index in [9.17, 15) is 0 Å². The maximum absolute atomic E-state index is 6.04. The lowest BCUT2D eigenvalue weighted by Crippen LogP contribution is -2.33. The molecule has 0 aromatic heterocycles. The van der Waals surface area contributed by atoms with Gasteiger partial charge in [-0.05, 0) is 26.7 Å². The highest BCUT2D eigenvalue weighted by Crippen LogP contribution is 2.40. The fourth-order valence-electron chi connectivity index (χ4n) is 2.99. The molecule has 1 saturated carbocycles. The predicted molar refractivity (Wildman–Crippen MR) is 70.9 cm³/mol. The molecule has 0 aromatic rings. The van der Waals surface area contributed by atoms with E-state index < -0.39 is 11.6 Å². The Morgan fingerprint density at radius 2 is 1.06 bits per heavy atom. The minimum atomic E-state index is -0.586. The first-order valence-electron chi connectivity index (χ1n) is 7.69. The first kappa shape index (κ1) is 14.3. The van der Waals surface area contributed by atoms with Crippen molar-refractivity contribution in [1.29, 1.82) is 0 Å². The fraction of sp³-hybridized carbons (Fsp3) is 1.00. The van der Waals surface area contributed by atoms with Gasteiger partial charge in [0.15, 0.2) is 5.79 Å². The van der Waals surface area contributed by atoms with Crippen molar-refractivity contribution in [3.05, 3.63) is 0 Å². The Hall–Kier alpha value is -0.120. The van der Waals surface area contributed by atoms with Crippen molar-refractivity contribution in [2.45, 2.75) is 96.1 Å². The Bertz CT molecular complexity index is 238. The lowest BCUT2D eigenvalue weighted by Gasteiger charge is -2.26. The Morgan fingerprint density at radius 1 is 0.611 bits per heavy atom. The second kappa shape index (κ2) is 6.36. The van der Waals surface area contributed by atoms with Gasteiger partial charge in [0.1, 0.15) is 0 Å². The molecule has 0 atom stereocenters. The number of ether oxygens (including phenoxy) is 1.